The molecule has 2 atom stereocenters. The summed E-state index contributed by atoms with van der Waals surface area (Å²) in [6.07, 6.45) is 12.8. The normalized spacial score (nSPS) is 14.5. The zero-order valence-electron chi connectivity index (χ0n) is 21.8. The Labute approximate surface area is 251 Å². The molecule has 0 aromatic carbocycles. The summed E-state index contributed by atoms with van der Waals surface area (Å²) in [6, 6.07) is 4.80. The maximum absolute atomic E-state index is 3.84. The molecule has 1 aliphatic heterocycles. The largest absolute Gasteiger partial charge is 0.309 e. The third-order valence-corrected chi connectivity index (χ3v) is 12.7. The maximum atomic E-state index is 3.84. The van der Waals surface area contributed by atoms with E-state index in [4.69, 9.17) is 0 Å². The molecule has 2 unspecified atom stereocenters. The van der Waals surface area contributed by atoms with E-state index >= 15 is 0 Å². The summed E-state index contributed by atoms with van der Waals surface area (Å²) in [4.78, 5) is 5.68. The van der Waals surface area contributed by atoms with Gasteiger partial charge >= 0.3 is 0 Å². The van der Waals surface area contributed by atoms with Gasteiger partial charge in [0.25, 0.3) is 0 Å². The van der Waals surface area contributed by atoms with E-state index in [0.717, 1.165) is 0 Å². The minimum absolute atomic E-state index is 0.617. The minimum Gasteiger partial charge on any atom is -0.309 e. The van der Waals surface area contributed by atoms with Crippen LogP contribution in [-0.4, -0.2) is 0 Å². The standard InChI is InChI=1S/C28H38Br2N2S4/c1-5-9-11-13-17(7-3)19-15-21(29)33-25(19)27-23-24(32-36-31-23)28(35-27)26-20(16-22(30)34-26)18(8-4)14-12-10-6-2/h15-18,31-32H,5-14H2,1-4H3. The first kappa shape index (κ1) is 29.0. The molecule has 36 heavy (non-hydrogen) atoms. The average Bonchev–Trinajstić information content (AvgIpc) is 3.64. The lowest BCUT2D eigenvalue weighted by atomic mass is 9.90. The Balaban J connectivity index is 1.75. The molecule has 198 valence electrons. The molecular formula is C28H38Br2N2S4. The molecule has 4 heterocycles. The molecule has 0 saturated carbocycles. The molecular weight excluding hydrogens is 652 g/mol. The Kier molecular flexibility index (Phi) is 11.2. The SMILES string of the molecule is CCCCCC(CC)c1cc(Br)sc1-c1sc(-c2sc(Br)cc2C(CC)CCCCC)c2c1NSN2. The fraction of sp³-hybridized carbons (Fsp3) is 0.571. The first-order valence-electron chi connectivity index (χ1n) is 13.5. The van der Waals surface area contributed by atoms with Crippen LogP contribution >= 0.6 is 78.0 Å². The van der Waals surface area contributed by atoms with Gasteiger partial charge in [-0.2, -0.15) is 0 Å². The second kappa shape index (κ2) is 13.9. The second-order valence-electron chi connectivity index (χ2n) is 9.69. The van der Waals surface area contributed by atoms with Crippen LogP contribution in [0, 0.1) is 0 Å². The van der Waals surface area contributed by atoms with Crippen LogP contribution in [0.5, 0.6) is 0 Å². The van der Waals surface area contributed by atoms with Crippen LogP contribution < -0.4 is 9.44 Å². The van der Waals surface area contributed by atoms with E-state index in [0.29, 0.717) is 11.8 Å². The highest BCUT2D eigenvalue weighted by Crippen LogP contribution is 2.59. The Hall–Kier alpha value is 0.01000. The van der Waals surface area contributed by atoms with E-state index in [-0.39, 0.29) is 0 Å². The average molecular weight is 691 g/mol. The van der Waals surface area contributed by atoms with Gasteiger partial charge in [-0.25, -0.2) is 0 Å². The van der Waals surface area contributed by atoms with Crippen LogP contribution in [0.2, 0.25) is 0 Å². The third-order valence-electron chi connectivity index (χ3n) is 7.27. The number of nitrogens with one attached hydrogen (secondary N) is 2. The summed E-state index contributed by atoms with van der Waals surface area (Å²) in [5.41, 5.74) is 5.60. The number of halogens is 2. The van der Waals surface area contributed by atoms with Crippen molar-refractivity contribution < 1.29 is 0 Å². The highest BCUT2D eigenvalue weighted by Gasteiger charge is 2.31. The molecule has 3 aromatic rings. The lowest BCUT2D eigenvalue weighted by Crippen LogP contribution is -1.98. The molecule has 0 fully saturated rings. The van der Waals surface area contributed by atoms with E-state index in [1.165, 1.54) is 114 Å². The van der Waals surface area contributed by atoms with E-state index in [2.05, 4.69) is 81.1 Å². The predicted octanol–water partition coefficient (Wildman–Crippen LogP) is 13.3. The number of anilines is 2. The Bertz CT molecular complexity index is 1050. The lowest BCUT2D eigenvalue weighted by molar-refractivity contribution is 0.555. The Morgan fingerprint density at radius 2 is 1.08 bits per heavy atom. The number of hydrogen-bond donors (Lipinski definition) is 2. The molecule has 8 heteroatoms. The summed E-state index contributed by atoms with van der Waals surface area (Å²) in [6.45, 7) is 9.30. The molecule has 0 saturated heterocycles. The zero-order chi connectivity index (χ0) is 25.7. The van der Waals surface area contributed by atoms with Crippen molar-refractivity contribution in [3.8, 4) is 19.5 Å². The number of unbranched alkanes of at least 4 members (excludes halogenated alkanes) is 4. The molecule has 0 spiro atoms. The third kappa shape index (κ3) is 6.41. The quantitative estimate of drug-likeness (QED) is 0.130. The van der Waals surface area contributed by atoms with Crippen LogP contribution in [0.3, 0.4) is 0 Å². The van der Waals surface area contributed by atoms with Crippen molar-refractivity contribution in [1.29, 1.82) is 0 Å². The van der Waals surface area contributed by atoms with Crippen molar-refractivity contribution in [2.45, 2.75) is 104 Å². The van der Waals surface area contributed by atoms with Crippen molar-refractivity contribution in [2.24, 2.45) is 0 Å². The maximum Gasteiger partial charge on any atom is 0.0902 e. The van der Waals surface area contributed by atoms with Gasteiger partial charge in [0.1, 0.15) is 0 Å². The van der Waals surface area contributed by atoms with Gasteiger partial charge in [-0.05, 0) is 92.6 Å². The van der Waals surface area contributed by atoms with Crippen LogP contribution in [0.15, 0.2) is 19.7 Å². The second-order valence-corrected chi connectivity index (χ2v) is 16.2. The van der Waals surface area contributed by atoms with Gasteiger partial charge < -0.3 is 9.44 Å². The van der Waals surface area contributed by atoms with Gasteiger partial charge in [-0.1, -0.05) is 66.2 Å². The van der Waals surface area contributed by atoms with E-state index in [1.54, 1.807) is 12.1 Å². The van der Waals surface area contributed by atoms with Crippen LogP contribution in [0.1, 0.15) is 115 Å². The minimum atomic E-state index is 0.617. The van der Waals surface area contributed by atoms with Gasteiger partial charge in [0.05, 0.1) is 50.6 Å². The first-order chi connectivity index (χ1) is 17.5. The van der Waals surface area contributed by atoms with Crippen molar-refractivity contribution in [3.05, 3.63) is 30.8 Å². The smallest absolute Gasteiger partial charge is 0.0902 e. The molecule has 2 N–H and O–H groups in total. The number of rotatable bonds is 14. The molecule has 0 bridgehead atoms. The zero-order valence-corrected chi connectivity index (χ0v) is 28.2. The molecule has 2 nitrogen and oxygen atoms in total. The number of fused-ring (bicyclic) bond motifs is 1. The van der Waals surface area contributed by atoms with E-state index in [1.807, 2.05) is 34.0 Å². The van der Waals surface area contributed by atoms with Crippen LogP contribution in [0.4, 0.5) is 11.4 Å². The first-order valence-corrected chi connectivity index (χ1v) is 18.3. The topological polar surface area (TPSA) is 24.1 Å². The van der Waals surface area contributed by atoms with Gasteiger partial charge in [-0.3, -0.25) is 0 Å². The summed E-state index contributed by atoms with van der Waals surface area (Å²) >= 11 is 15.1. The van der Waals surface area contributed by atoms with Gasteiger partial charge in [0, 0.05) is 0 Å². The van der Waals surface area contributed by atoms with Crippen molar-refractivity contribution in [1.82, 2.24) is 0 Å². The predicted molar refractivity (Wildman–Crippen MR) is 176 cm³/mol. The van der Waals surface area contributed by atoms with E-state index < -0.39 is 0 Å². The summed E-state index contributed by atoms with van der Waals surface area (Å²) in [5.74, 6) is 1.23. The molecule has 0 aliphatic carbocycles. The number of thiophene rings is 3. The van der Waals surface area contributed by atoms with Crippen LogP contribution in [-0.2, 0) is 0 Å². The molecule has 0 amide bonds. The van der Waals surface area contributed by atoms with Crippen molar-refractivity contribution >= 4 is 89.4 Å². The van der Waals surface area contributed by atoms with Gasteiger partial charge in [0.15, 0.2) is 0 Å². The summed E-state index contributed by atoms with van der Waals surface area (Å²) in [5, 5.41) is 0. The highest BCUT2D eigenvalue weighted by atomic mass is 79.9. The Morgan fingerprint density at radius 1 is 0.639 bits per heavy atom. The lowest BCUT2D eigenvalue weighted by Gasteiger charge is -2.16. The van der Waals surface area contributed by atoms with Gasteiger partial charge in [-0.15, -0.1) is 34.0 Å². The monoisotopic (exact) mass is 688 g/mol. The Morgan fingerprint density at radius 3 is 1.47 bits per heavy atom. The van der Waals surface area contributed by atoms with Crippen molar-refractivity contribution in [3.63, 3.8) is 0 Å². The fourth-order valence-electron chi connectivity index (χ4n) is 5.22. The van der Waals surface area contributed by atoms with Gasteiger partial charge in [0.2, 0.25) is 0 Å². The van der Waals surface area contributed by atoms with E-state index in [9.17, 15) is 0 Å². The number of hydrogen-bond acceptors (Lipinski definition) is 6. The molecule has 0 radical (unpaired) electrons. The fourth-order valence-corrected chi connectivity index (χ4v) is 11.0. The molecule has 4 rings (SSSR count). The van der Waals surface area contributed by atoms with Crippen molar-refractivity contribution in [2.75, 3.05) is 9.44 Å². The summed E-state index contributed by atoms with van der Waals surface area (Å²) < 4.78 is 9.71. The highest BCUT2D eigenvalue weighted by molar-refractivity contribution is 9.11. The summed E-state index contributed by atoms with van der Waals surface area (Å²) in [7, 11) is 0. The molecule has 3 aromatic heterocycles. The molecule has 1 aliphatic rings. The van der Waals surface area contributed by atoms with Crippen LogP contribution in [0.25, 0.3) is 19.5 Å².